The molecule has 0 radical (unpaired) electrons. The van der Waals surface area contributed by atoms with E-state index in [9.17, 15) is 0 Å². The number of hydrogen-bond donors (Lipinski definition) is 1. The number of unbranched alkanes of at least 4 members (excludes halogenated alkanes) is 3. The number of nitrogens with one attached hydrogen (secondary N) is 1. The molecule has 0 bridgehead atoms. The monoisotopic (exact) mass is 282 g/mol. The minimum atomic E-state index is 0.278. The van der Waals surface area contributed by atoms with E-state index >= 15 is 0 Å². The lowest BCUT2D eigenvalue weighted by Crippen LogP contribution is -2.36. The Kier molecular flexibility index (Phi) is 8.79. The van der Waals surface area contributed by atoms with Crippen LogP contribution in [0.15, 0.2) is 0 Å². The summed E-state index contributed by atoms with van der Waals surface area (Å²) in [6.07, 6.45) is 12.8. The Labute approximate surface area is 127 Å². The molecule has 0 heterocycles. The Morgan fingerprint density at radius 1 is 0.950 bits per heavy atom. The predicted molar refractivity (Wildman–Crippen MR) is 90.3 cm³/mol. The molecule has 120 valence electrons. The van der Waals surface area contributed by atoms with Crippen LogP contribution in [0, 0.1) is 5.92 Å². The van der Waals surface area contributed by atoms with Crippen LogP contribution < -0.4 is 5.32 Å². The van der Waals surface area contributed by atoms with Gasteiger partial charge in [0, 0.05) is 12.1 Å². The first-order valence-electron chi connectivity index (χ1n) is 8.91. The molecule has 0 unspecified atom stereocenters. The molecule has 1 saturated carbocycles. The Bertz CT molecular complexity index is 226. The molecular formula is C18H38N2. The zero-order valence-corrected chi connectivity index (χ0v) is 14.5. The average molecular weight is 283 g/mol. The molecule has 0 aromatic carbocycles. The molecule has 1 aliphatic rings. The third kappa shape index (κ3) is 9.77. The van der Waals surface area contributed by atoms with Crippen molar-refractivity contribution in [1.29, 1.82) is 0 Å². The largest absolute Gasteiger partial charge is 0.312 e. The summed E-state index contributed by atoms with van der Waals surface area (Å²) in [5.74, 6) is 0.990. The van der Waals surface area contributed by atoms with Gasteiger partial charge in [0.1, 0.15) is 0 Å². The van der Waals surface area contributed by atoms with Crippen molar-refractivity contribution >= 4 is 0 Å². The van der Waals surface area contributed by atoms with Gasteiger partial charge in [0.2, 0.25) is 0 Å². The van der Waals surface area contributed by atoms with Crippen molar-refractivity contribution in [2.24, 2.45) is 5.92 Å². The van der Waals surface area contributed by atoms with Crippen LogP contribution in [0.2, 0.25) is 0 Å². The van der Waals surface area contributed by atoms with E-state index in [2.05, 4.69) is 38.0 Å². The lowest BCUT2D eigenvalue weighted by Gasteiger charge is -2.27. The van der Waals surface area contributed by atoms with Gasteiger partial charge < -0.3 is 10.2 Å². The maximum Gasteiger partial charge on any atom is 0.00965 e. The maximum absolute atomic E-state index is 3.57. The van der Waals surface area contributed by atoms with E-state index in [1.165, 1.54) is 77.4 Å². The fraction of sp³-hybridized carbons (Fsp3) is 1.00. The molecule has 1 rings (SSSR count). The second-order valence-corrected chi connectivity index (χ2v) is 7.86. The molecule has 0 saturated heterocycles. The standard InChI is InChI=1S/C18H38N2/c1-18(2,3)19-14-10-5-6-11-15-20(4)16-17-12-8-7-9-13-17/h17,19H,5-16H2,1-4H3. The van der Waals surface area contributed by atoms with Crippen LogP contribution in [-0.4, -0.2) is 37.1 Å². The second kappa shape index (κ2) is 9.78. The highest BCUT2D eigenvalue weighted by Gasteiger charge is 2.14. The Morgan fingerprint density at radius 3 is 2.25 bits per heavy atom. The summed E-state index contributed by atoms with van der Waals surface area (Å²) in [4.78, 5) is 2.57. The molecule has 2 nitrogen and oxygen atoms in total. The van der Waals surface area contributed by atoms with Crippen LogP contribution in [0.25, 0.3) is 0 Å². The molecule has 1 aliphatic carbocycles. The average Bonchev–Trinajstić information content (AvgIpc) is 2.37. The van der Waals surface area contributed by atoms with Gasteiger partial charge in [-0.25, -0.2) is 0 Å². The van der Waals surface area contributed by atoms with Gasteiger partial charge in [-0.15, -0.1) is 0 Å². The summed E-state index contributed by atoms with van der Waals surface area (Å²) in [6.45, 7) is 10.5. The van der Waals surface area contributed by atoms with Gasteiger partial charge in [-0.1, -0.05) is 32.1 Å². The van der Waals surface area contributed by atoms with Crippen molar-refractivity contribution < 1.29 is 0 Å². The van der Waals surface area contributed by atoms with Crippen LogP contribution in [-0.2, 0) is 0 Å². The van der Waals surface area contributed by atoms with E-state index in [0.717, 1.165) is 5.92 Å². The van der Waals surface area contributed by atoms with Crippen LogP contribution >= 0.6 is 0 Å². The van der Waals surface area contributed by atoms with Gasteiger partial charge in [-0.05, 0) is 72.5 Å². The van der Waals surface area contributed by atoms with Crippen molar-refractivity contribution in [2.75, 3.05) is 26.7 Å². The first-order chi connectivity index (χ1) is 9.47. The van der Waals surface area contributed by atoms with Crippen molar-refractivity contribution in [3.8, 4) is 0 Å². The molecule has 1 fully saturated rings. The number of hydrogen-bond acceptors (Lipinski definition) is 2. The molecule has 2 heteroatoms. The van der Waals surface area contributed by atoms with E-state index in [4.69, 9.17) is 0 Å². The zero-order chi connectivity index (χ0) is 14.8. The Balaban J connectivity index is 1.90. The smallest absolute Gasteiger partial charge is 0.00965 e. The number of rotatable bonds is 9. The summed E-state index contributed by atoms with van der Waals surface area (Å²) in [5.41, 5.74) is 0.278. The Hall–Kier alpha value is -0.0800. The van der Waals surface area contributed by atoms with E-state index in [-0.39, 0.29) is 5.54 Å². The van der Waals surface area contributed by atoms with Gasteiger partial charge in [-0.2, -0.15) is 0 Å². The van der Waals surface area contributed by atoms with Crippen molar-refractivity contribution in [2.45, 2.75) is 84.1 Å². The summed E-state index contributed by atoms with van der Waals surface area (Å²) >= 11 is 0. The summed E-state index contributed by atoms with van der Waals surface area (Å²) < 4.78 is 0. The Morgan fingerprint density at radius 2 is 1.60 bits per heavy atom. The summed E-state index contributed by atoms with van der Waals surface area (Å²) in [7, 11) is 2.32. The first-order valence-corrected chi connectivity index (χ1v) is 8.91. The fourth-order valence-electron chi connectivity index (χ4n) is 3.23. The van der Waals surface area contributed by atoms with Crippen LogP contribution in [0.4, 0.5) is 0 Å². The van der Waals surface area contributed by atoms with Gasteiger partial charge >= 0.3 is 0 Å². The fourth-order valence-corrected chi connectivity index (χ4v) is 3.23. The predicted octanol–water partition coefficient (Wildman–Crippen LogP) is 4.45. The van der Waals surface area contributed by atoms with E-state index in [1.807, 2.05) is 0 Å². The lowest BCUT2D eigenvalue weighted by atomic mass is 9.89. The van der Waals surface area contributed by atoms with E-state index < -0.39 is 0 Å². The van der Waals surface area contributed by atoms with E-state index in [1.54, 1.807) is 0 Å². The maximum atomic E-state index is 3.57. The highest BCUT2D eigenvalue weighted by atomic mass is 15.1. The highest BCUT2D eigenvalue weighted by molar-refractivity contribution is 4.70. The topological polar surface area (TPSA) is 15.3 Å². The van der Waals surface area contributed by atoms with Crippen molar-refractivity contribution in [3.05, 3.63) is 0 Å². The molecule has 1 N–H and O–H groups in total. The molecule has 0 aromatic heterocycles. The van der Waals surface area contributed by atoms with Crippen LogP contribution in [0.5, 0.6) is 0 Å². The van der Waals surface area contributed by atoms with Gasteiger partial charge in [-0.3, -0.25) is 0 Å². The minimum Gasteiger partial charge on any atom is -0.312 e. The third-order valence-corrected chi connectivity index (χ3v) is 4.42. The summed E-state index contributed by atoms with van der Waals surface area (Å²) in [5, 5.41) is 3.57. The molecule has 0 spiro atoms. The molecule has 0 aromatic rings. The molecule has 0 aliphatic heterocycles. The minimum absolute atomic E-state index is 0.278. The summed E-state index contributed by atoms with van der Waals surface area (Å²) in [6, 6.07) is 0. The quantitative estimate of drug-likeness (QED) is 0.629. The first kappa shape index (κ1) is 18.0. The second-order valence-electron chi connectivity index (χ2n) is 7.86. The van der Waals surface area contributed by atoms with Crippen molar-refractivity contribution in [3.63, 3.8) is 0 Å². The van der Waals surface area contributed by atoms with Gasteiger partial charge in [0.25, 0.3) is 0 Å². The highest BCUT2D eigenvalue weighted by Crippen LogP contribution is 2.24. The van der Waals surface area contributed by atoms with Crippen LogP contribution in [0.1, 0.15) is 78.6 Å². The molecule has 0 amide bonds. The van der Waals surface area contributed by atoms with E-state index in [0.29, 0.717) is 0 Å². The van der Waals surface area contributed by atoms with Gasteiger partial charge in [0.05, 0.1) is 0 Å². The molecular weight excluding hydrogens is 244 g/mol. The zero-order valence-electron chi connectivity index (χ0n) is 14.5. The van der Waals surface area contributed by atoms with Crippen molar-refractivity contribution in [1.82, 2.24) is 10.2 Å². The number of nitrogens with zero attached hydrogens (tertiary/aromatic N) is 1. The third-order valence-electron chi connectivity index (χ3n) is 4.42. The SMILES string of the molecule is CN(CCCCCCNC(C)(C)C)CC1CCCCC1. The van der Waals surface area contributed by atoms with Crippen LogP contribution in [0.3, 0.4) is 0 Å². The van der Waals surface area contributed by atoms with Gasteiger partial charge in [0.15, 0.2) is 0 Å². The molecule has 20 heavy (non-hydrogen) atoms. The normalized spacial score (nSPS) is 17.9. The lowest BCUT2D eigenvalue weighted by molar-refractivity contribution is 0.230. The molecule has 0 atom stereocenters.